The molecule has 3 aromatic heterocycles. The van der Waals surface area contributed by atoms with Crippen LogP contribution in [-0.4, -0.2) is 20.9 Å². The van der Waals surface area contributed by atoms with Gasteiger partial charge in [0, 0.05) is 35.9 Å². The monoisotopic (exact) mass is 384 g/mol. The number of hydrogen-bond acceptors (Lipinski definition) is 4. The molecule has 0 atom stereocenters. The molecule has 0 saturated carbocycles. The maximum Gasteiger partial charge on any atom is 0.230 e. The molecule has 0 radical (unpaired) electrons. The summed E-state index contributed by atoms with van der Waals surface area (Å²) < 4.78 is 13.3. The minimum atomic E-state index is -0.302. The summed E-state index contributed by atoms with van der Waals surface area (Å²) in [6, 6.07) is 17.3. The summed E-state index contributed by atoms with van der Waals surface area (Å²) in [5, 5.41) is 2.77. The molecule has 1 aromatic carbocycles. The Kier molecular flexibility index (Phi) is 5.33. The standard InChI is InChI=1S/C23H17FN4O/c24-20-3-1-2-18(13-20)19-5-7-22(27-15-19)28-23(29)12-16-4-6-21(26-14-16)17-8-10-25-11-9-17/h1-11,13-15H,12H2,(H,27,28,29). The summed E-state index contributed by atoms with van der Waals surface area (Å²) in [5.41, 5.74) is 4.11. The first-order chi connectivity index (χ1) is 14.2. The van der Waals surface area contributed by atoms with Gasteiger partial charge in [0.15, 0.2) is 0 Å². The zero-order valence-corrected chi connectivity index (χ0v) is 15.4. The second-order valence-electron chi connectivity index (χ2n) is 6.45. The molecule has 0 bridgehead atoms. The van der Waals surface area contributed by atoms with Gasteiger partial charge in [0.25, 0.3) is 0 Å². The summed E-state index contributed by atoms with van der Waals surface area (Å²) in [7, 11) is 0. The molecule has 0 aliphatic rings. The van der Waals surface area contributed by atoms with Gasteiger partial charge in [0.05, 0.1) is 12.1 Å². The summed E-state index contributed by atoms with van der Waals surface area (Å²) in [6.45, 7) is 0. The van der Waals surface area contributed by atoms with Gasteiger partial charge in [-0.1, -0.05) is 18.2 Å². The minimum absolute atomic E-state index is 0.186. The number of aromatic nitrogens is 3. The van der Waals surface area contributed by atoms with Gasteiger partial charge in [0.1, 0.15) is 11.6 Å². The number of rotatable bonds is 5. The molecule has 5 nitrogen and oxygen atoms in total. The van der Waals surface area contributed by atoms with E-state index in [1.807, 2.05) is 24.3 Å². The van der Waals surface area contributed by atoms with Crippen LogP contribution < -0.4 is 5.32 Å². The lowest BCUT2D eigenvalue weighted by Gasteiger charge is -2.07. The summed E-state index contributed by atoms with van der Waals surface area (Å²) >= 11 is 0. The van der Waals surface area contributed by atoms with Crippen LogP contribution in [0.3, 0.4) is 0 Å². The van der Waals surface area contributed by atoms with Gasteiger partial charge >= 0.3 is 0 Å². The van der Waals surface area contributed by atoms with Crippen molar-refractivity contribution in [2.24, 2.45) is 0 Å². The van der Waals surface area contributed by atoms with E-state index < -0.39 is 0 Å². The van der Waals surface area contributed by atoms with Crippen LogP contribution in [0.25, 0.3) is 22.4 Å². The van der Waals surface area contributed by atoms with E-state index in [0.717, 1.165) is 27.9 Å². The fourth-order valence-electron chi connectivity index (χ4n) is 2.90. The van der Waals surface area contributed by atoms with Crippen LogP contribution in [0.5, 0.6) is 0 Å². The van der Waals surface area contributed by atoms with Crippen molar-refractivity contribution < 1.29 is 9.18 Å². The topological polar surface area (TPSA) is 67.8 Å². The number of benzene rings is 1. The van der Waals surface area contributed by atoms with E-state index in [1.165, 1.54) is 12.1 Å². The van der Waals surface area contributed by atoms with Crippen molar-refractivity contribution >= 4 is 11.7 Å². The van der Waals surface area contributed by atoms with Gasteiger partial charge in [-0.25, -0.2) is 9.37 Å². The maximum atomic E-state index is 13.3. The van der Waals surface area contributed by atoms with Crippen LogP contribution in [0.15, 0.2) is 85.5 Å². The predicted molar refractivity (Wildman–Crippen MR) is 109 cm³/mol. The lowest BCUT2D eigenvalue weighted by atomic mass is 10.1. The van der Waals surface area contributed by atoms with E-state index in [0.29, 0.717) is 5.82 Å². The highest BCUT2D eigenvalue weighted by Crippen LogP contribution is 2.20. The Hall–Kier alpha value is -3.93. The summed E-state index contributed by atoms with van der Waals surface area (Å²) in [4.78, 5) is 24.9. The number of anilines is 1. The zero-order valence-electron chi connectivity index (χ0n) is 15.4. The first kappa shape index (κ1) is 18.4. The van der Waals surface area contributed by atoms with E-state index in [1.54, 1.807) is 49.1 Å². The zero-order chi connectivity index (χ0) is 20.1. The molecule has 1 N–H and O–H groups in total. The quantitative estimate of drug-likeness (QED) is 0.549. The molecule has 4 rings (SSSR count). The van der Waals surface area contributed by atoms with Crippen LogP contribution in [0.4, 0.5) is 10.2 Å². The predicted octanol–water partition coefficient (Wildman–Crippen LogP) is 4.53. The lowest BCUT2D eigenvalue weighted by Crippen LogP contribution is -2.15. The molecule has 6 heteroatoms. The molecule has 29 heavy (non-hydrogen) atoms. The second kappa shape index (κ2) is 8.39. The number of amides is 1. The van der Waals surface area contributed by atoms with Crippen molar-refractivity contribution in [2.75, 3.05) is 5.32 Å². The van der Waals surface area contributed by atoms with Crippen molar-refractivity contribution in [3.63, 3.8) is 0 Å². The largest absolute Gasteiger partial charge is 0.310 e. The Bertz CT molecular complexity index is 1110. The average molecular weight is 384 g/mol. The highest BCUT2D eigenvalue weighted by Gasteiger charge is 2.07. The Morgan fingerprint density at radius 3 is 2.41 bits per heavy atom. The average Bonchev–Trinajstić information content (AvgIpc) is 2.75. The normalized spacial score (nSPS) is 10.5. The molecule has 4 aromatic rings. The number of pyridine rings is 3. The van der Waals surface area contributed by atoms with Gasteiger partial charge in [-0.05, 0) is 53.6 Å². The third-order valence-electron chi connectivity index (χ3n) is 4.35. The molecule has 0 unspecified atom stereocenters. The first-order valence-electron chi connectivity index (χ1n) is 9.04. The first-order valence-corrected chi connectivity index (χ1v) is 9.04. The van der Waals surface area contributed by atoms with Gasteiger partial charge in [-0.3, -0.25) is 14.8 Å². The van der Waals surface area contributed by atoms with Gasteiger partial charge < -0.3 is 5.32 Å². The van der Waals surface area contributed by atoms with Crippen molar-refractivity contribution in [2.45, 2.75) is 6.42 Å². The Morgan fingerprint density at radius 2 is 1.72 bits per heavy atom. The summed E-state index contributed by atoms with van der Waals surface area (Å²) in [5.74, 6) is -0.0468. The van der Waals surface area contributed by atoms with E-state index in [9.17, 15) is 9.18 Å². The van der Waals surface area contributed by atoms with Crippen LogP contribution in [0, 0.1) is 5.82 Å². The lowest BCUT2D eigenvalue weighted by molar-refractivity contribution is -0.115. The molecule has 3 heterocycles. The molecule has 0 saturated heterocycles. The number of carbonyl (C=O) groups is 1. The molecule has 142 valence electrons. The van der Waals surface area contributed by atoms with E-state index >= 15 is 0 Å². The van der Waals surface area contributed by atoms with E-state index in [4.69, 9.17) is 0 Å². The number of nitrogens with one attached hydrogen (secondary N) is 1. The maximum absolute atomic E-state index is 13.3. The third-order valence-corrected chi connectivity index (χ3v) is 4.35. The van der Waals surface area contributed by atoms with E-state index in [2.05, 4.69) is 20.3 Å². The highest BCUT2D eigenvalue weighted by molar-refractivity contribution is 5.91. The molecule has 0 spiro atoms. The van der Waals surface area contributed by atoms with Gasteiger partial charge in [0.2, 0.25) is 5.91 Å². The van der Waals surface area contributed by atoms with Crippen molar-refractivity contribution in [1.29, 1.82) is 0 Å². The second-order valence-corrected chi connectivity index (χ2v) is 6.45. The Balaban J connectivity index is 1.38. The molecule has 0 fully saturated rings. The van der Waals surface area contributed by atoms with Crippen molar-refractivity contribution in [3.05, 3.63) is 96.8 Å². The van der Waals surface area contributed by atoms with Gasteiger partial charge in [-0.2, -0.15) is 0 Å². The molecular weight excluding hydrogens is 367 g/mol. The van der Waals surface area contributed by atoms with Crippen LogP contribution >= 0.6 is 0 Å². The molecular formula is C23H17FN4O. The fourth-order valence-corrected chi connectivity index (χ4v) is 2.90. The molecule has 1 amide bonds. The number of halogens is 1. The van der Waals surface area contributed by atoms with Crippen LogP contribution in [-0.2, 0) is 11.2 Å². The van der Waals surface area contributed by atoms with E-state index in [-0.39, 0.29) is 18.1 Å². The Labute approximate surface area is 167 Å². The number of nitrogens with zero attached hydrogens (tertiary/aromatic N) is 3. The van der Waals surface area contributed by atoms with Crippen molar-refractivity contribution in [3.8, 4) is 22.4 Å². The van der Waals surface area contributed by atoms with Gasteiger partial charge in [-0.15, -0.1) is 0 Å². The number of carbonyl (C=O) groups excluding carboxylic acids is 1. The Morgan fingerprint density at radius 1 is 0.862 bits per heavy atom. The minimum Gasteiger partial charge on any atom is -0.310 e. The molecule has 0 aliphatic heterocycles. The molecule has 0 aliphatic carbocycles. The van der Waals surface area contributed by atoms with Crippen molar-refractivity contribution in [1.82, 2.24) is 15.0 Å². The SMILES string of the molecule is O=C(Cc1ccc(-c2ccncc2)nc1)Nc1ccc(-c2cccc(F)c2)cn1. The fraction of sp³-hybridized carbons (Fsp3) is 0.0435. The van der Waals surface area contributed by atoms with Crippen LogP contribution in [0.2, 0.25) is 0 Å². The third kappa shape index (κ3) is 4.68. The summed E-state index contributed by atoms with van der Waals surface area (Å²) in [6.07, 6.45) is 6.91. The van der Waals surface area contributed by atoms with Crippen LogP contribution in [0.1, 0.15) is 5.56 Å². The highest BCUT2D eigenvalue weighted by atomic mass is 19.1. The number of hydrogen-bond donors (Lipinski definition) is 1. The smallest absolute Gasteiger partial charge is 0.230 e.